The number of alkyl halides is 1. The molecule has 0 aliphatic heterocycles. The Kier molecular flexibility index (Phi) is 5.02. The van der Waals surface area contributed by atoms with Crippen molar-refractivity contribution in [1.29, 1.82) is 0 Å². The quantitative estimate of drug-likeness (QED) is 0.765. The summed E-state index contributed by atoms with van der Waals surface area (Å²) in [7, 11) is 0. The van der Waals surface area contributed by atoms with Crippen molar-refractivity contribution >= 4 is 11.5 Å². The number of rotatable bonds is 5. The Labute approximate surface area is 142 Å². The van der Waals surface area contributed by atoms with Gasteiger partial charge < -0.3 is 4.90 Å². The van der Waals surface area contributed by atoms with Crippen molar-refractivity contribution in [2.75, 3.05) is 19.8 Å². The van der Waals surface area contributed by atoms with Gasteiger partial charge in [0.25, 0.3) is 0 Å². The Morgan fingerprint density at radius 2 is 2.04 bits per heavy atom. The maximum Gasteiger partial charge on any atom is 0.230 e. The molecule has 24 heavy (non-hydrogen) atoms. The predicted molar refractivity (Wildman–Crippen MR) is 91.9 cm³/mol. The number of fused-ring (bicyclic) bond motifs is 2. The van der Waals surface area contributed by atoms with Gasteiger partial charge in [-0.25, -0.2) is 4.39 Å². The summed E-state index contributed by atoms with van der Waals surface area (Å²) in [5.41, 5.74) is 3.42. The van der Waals surface area contributed by atoms with E-state index in [0.29, 0.717) is 25.1 Å². The molecule has 4 heteroatoms. The van der Waals surface area contributed by atoms with Crippen LogP contribution in [-0.2, 0) is 4.79 Å². The van der Waals surface area contributed by atoms with E-state index in [0.717, 1.165) is 36.0 Å². The molecule has 0 aromatic heterocycles. The SMILES string of the molecule is CCN(CC)C(=O)C1CCCC2=C1c1c(F)cccc1C2CC[18F]. The fourth-order valence-corrected chi connectivity index (χ4v) is 4.44. The van der Waals surface area contributed by atoms with Gasteiger partial charge in [0.15, 0.2) is 0 Å². The van der Waals surface area contributed by atoms with Crippen LogP contribution < -0.4 is 0 Å². The van der Waals surface area contributed by atoms with Crippen molar-refractivity contribution in [1.82, 2.24) is 4.90 Å². The van der Waals surface area contributed by atoms with E-state index in [1.165, 1.54) is 6.07 Å². The van der Waals surface area contributed by atoms with Gasteiger partial charge in [0, 0.05) is 24.6 Å². The molecule has 0 N–H and O–H groups in total. The third-order valence-electron chi connectivity index (χ3n) is 5.52. The first kappa shape index (κ1) is 17.1. The van der Waals surface area contributed by atoms with Gasteiger partial charge in [0.2, 0.25) is 5.91 Å². The standard InChI is InChI=1S/C20H25F2NO/c1-3-23(4-2)20(24)16-9-5-7-14-13(11-12-21)15-8-6-10-17(22)19(15)18(14)16/h6,8,10,13,16H,3-5,7,9,11-12H2,1-2H3/i21-1. The summed E-state index contributed by atoms with van der Waals surface area (Å²) >= 11 is 0. The monoisotopic (exact) mass is 332 g/mol. The first-order valence-electron chi connectivity index (χ1n) is 9.00. The van der Waals surface area contributed by atoms with Crippen molar-refractivity contribution in [2.45, 2.75) is 45.4 Å². The van der Waals surface area contributed by atoms with Crippen LogP contribution in [0.5, 0.6) is 0 Å². The predicted octanol–water partition coefficient (Wildman–Crippen LogP) is 4.70. The highest BCUT2D eigenvalue weighted by molar-refractivity contribution is 5.96. The van der Waals surface area contributed by atoms with Gasteiger partial charge in [-0.2, -0.15) is 0 Å². The second-order valence-electron chi connectivity index (χ2n) is 6.63. The summed E-state index contributed by atoms with van der Waals surface area (Å²) < 4.78 is 27.7. The summed E-state index contributed by atoms with van der Waals surface area (Å²) in [5.74, 6) is -0.542. The number of amides is 1. The van der Waals surface area contributed by atoms with Gasteiger partial charge in [-0.15, -0.1) is 0 Å². The van der Waals surface area contributed by atoms with Crippen LogP contribution in [0.15, 0.2) is 23.8 Å². The highest BCUT2D eigenvalue weighted by Crippen LogP contribution is 2.53. The molecular weight excluding hydrogens is 307 g/mol. The van der Waals surface area contributed by atoms with Gasteiger partial charge in [-0.05, 0) is 56.7 Å². The molecule has 0 heterocycles. The van der Waals surface area contributed by atoms with Crippen LogP contribution in [0.25, 0.3) is 5.57 Å². The Balaban J connectivity index is 2.09. The average Bonchev–Trinajstić information content (AvgIpc) is 2.92. The van der Waals surface area contributed by atoms with Crippen molar-refractivity contribution in [3.05, 3.63) is 40.7 Å². The third-order valence-corrected chi connectivity index (χ3v) is 5.52. The summed E-state index contributed by atoms with van der Waals surface area (Å²) in [4.78, 5) is 14.8. The summed E-state index contributed by atoms with van der Waals surface area (Å²) in [5, 5.41) is 0. The summed E-state index contributed by atoms with van der Waals surface area (Å²) in [6, 6.07) is 5.05. The minimum Gasteiger partial charge on any atom is -0.343 e. The highest BCUT2D eigenvalue weighted by Gasteiger charge is 2.41. The van der Waals surface area contributed by atoms with Crippen LogP contribution in [0.4, 0.5) is 8.78 Å². The lowest BCUT2D eigenvalue weighted by atomic mass is 9.79. The van der Waals surface area contributed by atoms with Gasteiger partial charge in [-0.3, -0.25) is 9.18 Å². The molecule has 2 unspecified atom stereocenters. The number of hydrogen-bond donors (Lipinski definition) is 0. The molecule has 1 aromatic rings. The van der Waals surface area contributed by atoms with E-state index in [4.69, 9.17) is 0 Å². The zero-order chi connectivity index (χ0) is 17.3. The number of halogens is 2. The largest absolute Gasteiger partial charge is 0.343 e. The van der Waals surface area contributed by atoms with Crippen LogP contribution in [0.2, 0.25) is 0 Å². The maximum atomic E-state index is 14.6. The van der Waals surface area contributed by atoms with Gasteiger partial charge in [-0.1, -0.05) is 17.7 Å². The number of nitrogens with zero attached hydrogens (tertiary/aromatic N) is 1. The Morgan fingerprint density at radius 3 is 2.71 bits per heavy atom. The van der Waals surface area contributed by atoms with Crippen molar-refractivity contribution < 1.29 is 13.6 Å². The molecule has 0 fully saturated rings. The highest BCUT2D eigenvalue weighted by atomic mass is 19.1. The smallest absolute Gasteiger partial charge is 0.230 e. The second-order valence-corrected chi connectivity index (χ2v) is 6.63. The molecule has 0 radical (unpaired) electrons. The Hall–Kier alpha value is -1.71. The van der Waals surface area contributed by atoms with Crippen LogP contribution in [0.3, 0.4) is 0 Å². The van der Waals surface area contributed by atoms with Gasteiger partial charge >= 0.3 is 0 Å². The average molecular weight is 332 g/mol. The number of carbonyl (C=O) groups excluding carboxylic acids is 1. The summed E-state index contributed by atoms with van der Waals surface area (Å²) in [6.45, 7) is 4.83. The van der Waals surface area contributed by atoms with E-state index in [1.54, 1.807) is 6.07 Å². The molecule has 1 amide bonds. The Bertz CT molecular complexity index is 664. The second kappa shape index (κ2) is 7.04. The molecule has 130 valence electrons. The number of carbonyl (C=O) groups is 1. The van der Waals surface area contributed by atoms with Crippen LogP contribution in [0.1, 0.15) is 56.6 Å². The van der Waals surface area contributed by atoms with E-state index in [2.05, 4.69) is 0 Å². The zero-order valence-corrected chi connectivity index (χ0v) is 14.4. The minimum atomic E-state index is -0.425. The fourth-order valence-electron chi connectivity index (χ4n) is 4.44. The van der Waals surface area contributed by atoms with E-state index in [9.17, 15) is 13.6 Å². The number of hydrogen-bond acceptors (Lipinski definition) is 1. The van der Waals surface area contributed by atoms with Crippen molar-refractivity contribution in [3.63, 3.8) is 0 Å². The molecule has 0 saturated carbocycles. The molecule has 2 atom stereocenters. The molecule has 0 bridgehead atoms. The van der Waals surface area contributed by atoms with Crippen LogP contribution in [0, 0.1) is 11.7 Å². The van der Waals surface area contributed by atoms with E-state index < -0.39 is 6.67 Å². The number of benzene rings is 1. The molecule has 2 nitrogen and oxygen atoms in total. The van der Waals surface area contributed by atoms with Gasteiger partial charge in [0.1, 0.15) is 5.82 Å². The molecule has 2 aliphatic rings. The lowest BCUT2D eigenvalue weighted by Gasteiger charge is -2.30. The zero-order valence-electron chi connectivity index (χ0n) is 14.4. The third kappa shape index (κ3) is 2.66. The van der Waals surface area contributed by atoms with Crippen LogP contribution >= 0.6 is 0 Å². The van der Waals surface area contributed by atoms with Crippen molar-refractivity contribution in [2.24, 2.45) is 5.92 Å². The lowest BCUT2D eigenvalue weighted by Crippen LogP contribution is -2.37. The van der Waals surface area contributed by atoms with Crippen LogP contribution in [-0.4, -0.2) is 30.6 Å². The molecule has 0 spiro atoms. The molecule has 0 saturated heterocycles. The number of allylic oxidation sites excluding steroid dienone is 1. The Morgan fingerprint density at radius 1 is 1.29 bits per heavy atom. The molecule has 2 aliphatic carbocycles. The minimum absolute atomic E-state index is 0.0667. The van der Waals surface area contributed by atoms with Gasteiger partial charge in [0.05, 0.1) is 12.6 Å². The van der Waals surface area contributed by atoms with Crippen molar-refractivity contribution in [3.8, 4) is 0 Å². The van der Waals surface area contributed by atoms with E-state index in [-0.39, 0.29) is 23.6 Å². The summed E-state index contributed by atoms with van der Waals surface area (Å²) in [6.07, 6.45) is 2.89. The first-order chi connectivity index (χ1) is 11.6. The molecule has 1 aromatic carbocycles. The van der Waals surface area contributed by atoms with E-state index in [1.807, 2.05) is 24.8 Å². The topological polar surface area (TPSA) is 20.3 Å². The van der Waals surface area contributed by atoms with E-state index >= 15 is 0 Å². The fraction of sp³-hybridized carbons (Fsp3) is 0.550. The first-order valence-corrected chi connectivity index (χ1v) is 9.00. The maximum absolute atomic E-state index is 14.6. The lowest BCUT2D eigenvalue weighted by molar-refractivity contribution is -0.133. The normalized spacial score (nSPS) is 22.3. The molecular formula is C20H25F2NO. The molecule has 3 rings (SSSR count).